The fraction of sp³-hybridized carbons (Fsp3) is 0.667. The molecule has 0 aromatic carbocycles. The molecule has 2 bridgehead atoms. The van der Waals surface area contributed by atoms with Gasteiger partial charge in [-0.15, -0.1) is 0 Å². The van der Waals surface area contributed by atoms with Crippen molar-refractivity contribution in [1.82, 2.24) is 9.78 Å². The largest absolute Gasteiger partial charge is 0.464 e. The van der Waals surface area contributed by atoms with Gasteiger partial charge in [0.1, 0.15) is 5.69 Å². The van der Waals surface area contributed by atoms with Gasteiger partial charge in [-0.3, -0.25) is 9.48 Å². The van der Waals surface area contributed by atoms with Crippen LogP contribution in [0.5, 0.6) is 0 Å². The van der Waals surface area contributed by atoms with Gasteiger partial charge in [0.2, 0.25) is 5.91 Å². The molecule has 3 unspecified atom stereocenters. The van der Waals surface area contributed by atoms with Gasteiger partial charge < -0.3 is 10.1 Å². The Morgan fingerprint density at radius 3 is 2.86 bits per heavy atom. The van der Waals surface area contributed by atoms with Crippen LogP contribution in [0.15, 0.2) is 6.07 Å². The Morgan fingerprint density at radius 1 is 1.43 bits per heavy atom. The summed E-state index contributed by atoms with van der Waals surface area (Å²) in [5.41, 5.74) is 0.327. The topological polar surface area (TPSA) is 73.2 Å². The lowest BCUT2D eigenvalue weighted by molar-refractivity contribution is -0.117. The van der Waals surface area contributed by atoms with Crippen molar-refractivity contribution in [3.8, 4) is 0 Å². The maximum atomic E-state index is 12.1. The number of aryl methyl sites for hydroxylation is 1. The SMILES string of the molecule is COC(=O)c1cc(NC(=O)CC2CC3CCC2C3)nn1C. The van der Waals surface area contributed by atoms with Crippen LogP contribution in [0, 0.1) is 17.8 Å². The van der Waals surface area contributed by atoms with Crippen LogP contribution < -0.4 is 5.32 Å². The summed E-state index contributed by atoms with van der Waals surface area (Å²) in [6, 6.07) is 1.55. The zero-order valence-corrected chi connectivity index (χ0v) is 12.5. The number of nitrogens with zero attached hydrogens (tertiary/aromatic N) is 2. The Balaban J connectivity index is 1.59. The van der Waals surface area contributed by atoms with E-state index in [4.69, 9.17) is 0 Å². The number of rotatable bonds is 4. The van der Waals surface area contributed by atoms with Gasteiger partial charge in [0.25, 0.3) is 0 Å². The van der Waals surface area contributed by atoms with Gasteiger partial charge in [-0.2, -0.15) is 5.10 Å². The van der Waals surface area contributed by atoms with Crippen molar-refractivity contribution in [2.45, 2.75) is 32.1 Å². The summed E-state index contributed by atoms with van der Waals surface area (Å²) in [6.45, 7) is 0. The quantitative estimate of drug-likeness (QED) is 0.861. The number of carbonyl (C=O) groups is 2. The van der Waals surface area contributed by atoms with Crippen LogP contribution in [0.25, 0.3) is 0 Å². The molecule has 2 aliphatic carbocycles. The van der Waals surface area contributed by atoms with E-state index in [-0.39, 0.29) is 5.91 Å². The third-order valence-corrected chi connectivity index (χ3v) is 4.87. The van der Waals surface area contributed by atoms with Crippen molar-refractivity contribution in [1.29, 1.82) is 0 Å². The minimum atomic E-state index is -0.460. The zero-order chi connectivity index (χ0) is 15.0. The standard InChI is InChI=1S/C15H21N3O3/c1-18-12(15(20)21-2)8-13(17-18)16-14(19)7-11-6-9-3-4-10(11)5-9/h8-11H,3-7H2,1-2H3,(H,16,17,19). The summed E-state index contributed by atoms with van der Waals surface area (Å²) in [5.74, 6) is 2.03. The molecular formula is C15H21N3O3. The lowest BCUT2D eigenvalue weighted by atomic mass is 9.86. The second kappa shape index (κ2) is 5.50. The van der Waals surface area contributed by atoms with Crippen molar-refractivity contribution in [2.24, 2.45) is 24.8 Å². The van der Waals surface area contributed by atoms with Gasteiger partial charge >= 0.3 is 5.97 Å². The fourth-order valence-electron chi connectivity index (χ4n) is 3.88. The molecule has 1 aromatic heterocycles. The number of ether oxygens (including phenoxy) is 1. The number of fused-ring (bicyclic) bond motifs is 2. The summed E-state index contributed by atoms with van der Waals surface area (Å²) < 4.78 is 6.08. The van der Waals surface area contributed by atoms with Gasteiger partial charge in [0.15, 0.2) is 5.82 Å². The number of nitrogens with one attached hydrogen (secondary N) is 1. The zero-order valence-electron chi connectivity index (χ0n) is 12.5. The normalized spacial score (nSPS) is 26.9. The van der Waals surface area contributed by atoms with Gasteiger partial charge in [-0.05, 0) is 37.0 Å². The number of methoxy groups -OCH3 is 1. The van der Waals surface area contributed by atoms with Gasteiger partial charge in [-0.1, -0.05) is 6.42 Å². The van der Waals surface area contributed by atoms with Crippen molar-refractivity contribution in [2.75, 3.05) is 12.4 Å². The molecule has 1 heterocycles. The molecular weight excluding hydrogens is 270 g/mol. The van der Waals surface area contributed by atoms with Crippen molar-refractivity contribution < 1.29 is 14.3 Å². The fourth-order valence-corrected chi connectivity index (χ4v) is 3.88. The predicted octanol–water partition coefficient (Wildman–Crippen LogP) is 1.97. The number of esters is 1. The average molecular weight is 291 g/mol. The lowest BCUT2D eigenvalue weighted by Gasteiger charge is -2.20. The van der Waals surface area contributed by atoms with E-state index in [1.807, 2.05) is 0 Å². The lowest BCUT2D eigenvalue weighted by Crippen LogP contribution is -2.20. The predicted molar refractivity (Wildman–Crippen MR) is 76.7 cm³/mol. The molecule has 114 valence electrons. The van der Waals surface area contributed by atoms with E-state index in [1.165, 1.54) is 37.5 Å². The van der Waals surface area contributed by atoms with E-state index in [0.29, 0.717) is 23.9 Å². The Morgan fingerprint density at radius 2 is 2.24 bits per heavy atom. The van der Waals surface area contributed by atoms with E-state index in [1.54, 1.807) is 13.1 Å². The molecule has 2 aliphatic rings. The Hall–Kier alpha value is -1.85. The minimum Gasteiger partial charge on any atom is -0.464 e. The second-order valence-electron chi connectivity index (χ2n) is 6.22. The highest BCUT2D eigenvalue weighted by Crippen LogP contribution is 2.49. The van der Waals surface area contributed by atoms with E-state index in [2.05, 4.69) is 15.2 Å². The highest BCUT2D eigenvalue weighted by atomic mass is 16.5. The molecule has 0 radical (unpaired) electrons. The molecule has 1 amide bonds. The molecule has 6 nitrogen and oxygen atoms in total. The van der Waals surface area contributed by atoms with Crippen molar-refractivity contribution >= 4 is 17.7 Å². The monoisotopic (exact) mass is 291 g/mol. The third-order valence-electron chi connectivity index (χ3n) is 4.87. The number of aromatic nitrogens is 2. The first-order valence-electron chi connectivity index (χ1n) is 7.49. The van der Waals surface area contributed by atoms with Crippen molar-refractivity contribution in [3.63, 3.8) is 0 Å². The molecule has 0 spiro atoms. The molecule has 0 aliphatic heterocycles. The number of anilines is 1. The Labute approximate surface area is 123 Å². The van der Waals surface area contributed by atoms with Crippen LogP contribution in [0.2, 0.25) is 0 Å². The van der Waals surface area contributed by atoms with Crippen LogP contribution in [-0.4, -0.2) is 28.8 Å². The second-order valence-corrected chi connectivity index (χ2v) is 6.22. The molecule has 3 atom stereocenters. The maximum absolute atomic E-state index is 12.1. The van der Waals surface area contributed by atoms with E-state index >= 15 is 0 Å². The van der Waals surface area contributed by atoms with Crippen LogP contribution in [0.4, 0.5) is 5.82 Å². The smallest absolute Gasteiger partial charge is 0.356 e. The molecule has 21 heavy (non-hydrogen) atoms. The van der Waals surface area contributed by atoms with Crippen molar-refractivity contribution in [3.05, 3.63) is 11.8 Å². The van der Waals surface area contributed by atoms with Gasteiger partial charge in [-0.25, -0.2) is 4.79 Å². The first kappa shape index (κ1) is 14.1. The highest BCUT2D eigenvalue weighted by molar-refractivity contribution is 5.93. The Kier molecular flexibility index (Phi) is 3.69. The van der Waals surface area contributed by atoms with Crippen LogP contribution in [0.3, 0.4) is 0 Å². The molecule has 2 fully saturated rings. The number of hydrogen-bond acceptors (Lipinski definition) is 4. The molecule has 1 aromatic rings. The molecule has 6 heteroatoms. The molecule has 2 saturated carbocycles. The summed E-state index contributed by atoms with van der Waals surface area (Å²) >= 11 is 0. The van der Waals surface area contributed by atoms with E-state index < -0.39 is 5.97 Å². The average Bonchev–Trinajstić information content (AvgIpc) is 3.13. The van der Waals surface area contributed by atoms with Crippen LogP contribution in [-0.2, 0) is 16.6 Å². The van der Waals surface area contributed by atoms with Gasteiger partial charge in [0.05, 0.1) is 7.11 Å². The van der Waals surface area contributed by atoms with E-state index in [0.717, 1.165) is 11.8 Å². The summed E-state index contributed by atoms with van der Waals surface area (Å²) in [4.78, 5) is 23.6. The van der Waals surface area contributed by atoms with Crippen LogP contribution >= 0.6 is 0 Å². The van der Waals surface area contributed by atoms with E-state index in [9.17, 15) is 9.59 Å². The number of amides is 1. The number of carbonyl (C=O) groups excluding carboxylic acids is 2. The maximum Gasteiger partial charge on any atom is 0.356 e. The first-order chi connectivity index (χ1) is 10.1. The third kappa shape index (κ3) is 2.80. The highest BCUT2D eigenvalue weighted by Gasteiger charge is 2.40. The summed E-state index contributed by atoms with van der Waals surface area (Å²) in [6.07, 6.45) is 5.66. The summed E-state index contributed by atoms with van der Waals surface area (Å²) in [7, 11) is 2.97. The van der Waals surface area contributed by atoms with Gasteiger partial charge in [0, 0.05) is 19.5 Å². The number of hydrogen-bond donors (Lipinski definition) is 1. The molecule has 1 N–H and O–H groups in total. The summed E-state index contributed by atoms with van der Waals surface area (Å²) in [5, 5.41) is 6.92. The molecule has 3 rings (SSSR count). The Bertz CT molecular complexity index is 567. The molecule has 0 saturated heterocycles. The van der Waals surface area contributed by atoms with Crippen LogP contribution in [0.1, 0.15) is 42.6 Å². The minimum absolute atomic E-state index is 0.0120. The first-order valence-corrected chi connectivity index (χ1v) is 7.49.